The van der Waals surface area contributed by atoms with Crippen LogP contribution in [0.2, 0.25) is 0 Å². The van der Waals surface area contributed by atoms with E-state index in [2.05, 4.69) is 10.1 Å². The summed E-state index contributed by atoms with van der Waals surface area (Å²) in [7, 11) is 0. The Hall–Kier alpha value is -1.78. The normalized spacial score (nSPS) is 10.7. The molecule has 74 valence electrons. The summed E-state index contributed by atoms with van der Waals surface area (Å²) in [4.78, 5) is 4.18. The first-order chi connectivity index (χ1) is 6.74. The van der Waals surface area contributed by atoms with Crippen molar-refractivity contribution in [2.24, 2.45) is 0 Å². The average Bonchev–Trinajstić information content (AvgIpc) is 2.48. The molecule has 0 fully saturated rings. The number of anilines is 1. The second-order valence-electron chi connectivity index (χ2n) is 2.97. The third-order valence-electron chi connectivity index (χ3n) is 2.02. The van der Waals surface area contributed by atoms with E-state index in [4.69, 9.17) is 10.5 Å². The molecule has 5 nitrogen and oxygen atoms in total. The summed E-state index contributed by atoms with van der Waals surface area (Å²) in [5.41, 5.74) is 7.40. The molecule has 5 heteroatoms. The number of nitrogens with zero attached hydrogens (tertiary/aromatic N) is 3. The number of hydrogen-bond acceptors (Lipinski definition) is 4. The summed E-state index contributed by atoms with van der Waals surface area (Å²) in [6.45, 7) is 4.42. The Kier molecular flexibility index (Phi) is 1.99. The molecule has 0 aliphatic heterocycles. The molecule has 0 unspecified atom stereocenters. The van der Waals surface area contributed by atoms with Crippen LogP contribution in [0.1, 0.15) is 12.5 Å². The molecule has 2 heterocycles. The van der Waals surface area contributed by atoms with E-state index < -0.39 is 0 Å². The van der Waals surface area contributed by atoms with E-state index in [-0.39, 0.29) is 0 Å². The summed E-state index contributed by atoms with van der Waals surface area (Å²) in [6, 6.07) is 1.70. The molecule has 0 saturated heterocycles. The molecule has 2 aromatic rings. The molecule has 0 aliphatic rings. The zero-order chi connectivity index (χ0) is 10.1. The molecule has 2 N–H and O–H groups in total. The zero-order valence-corrected chi connectivity index (χ0v) is 8.19. The van der Waals surface area contributed by atoms with Crippen molar-refractivity contribution in [2.45, 2.75) is 13.8 Å². The lowest BCUT2D eigenvalue weighted by molar-refractivity contribution is 0.323. The number of fused-ring (bicyclic) bond motifs is 1. The molecular weight excluding hydrogens is 180 g/mol. The third-order valence-corrected chi connectivity index (χ3v) is 2.02. The van der Waals surface area contributed by atoms with Crippen molar-refractivity contribution in [2.75, 3.05) is 12.3 Å². The van der Waals surface area contributed by atoms with Crippen LogP contribution in [0.4, 0.5) is 5.82 Å². The Morgan fingerprint density at radius 2 is 2.36 bits per heavy atom. The van der Waals surface area contributed by atoms with Gasteiger partial charge < -0.3 is 10.5 Å². The van der Waals surface area contributed by atoms with E-state index in [0.29, 0.717) is 18.3 Å². The second kappa shape index (κ2) is 3.17. The Morgan fingerprint density at radius 1 is 1.57 bits per heavy atom. The van der Waals surface area contributed by atoms with Crippen LogP contribution >= 0.6 is 0 Å². The second-order valence-corrected chi connectivity index (χ2v) is 2.97. The van der Waals surface area contributed by atoms with Crippen LogP contribution in [0, 0.1) is 6.92 Å². The highest BCUT2D eigenvalue weighted by molar-refractivity contribution is 5.55. The summed E-state index contributed by atoms with van der Waals surface area (Å²) in [6.07, 6.45) is 1.66. The van der Waals surface area contributed by atoms with Crippen LogP contribution in [0.3, 0.4) is 0 Å². The molecule has 0 spiro atoms. The first-order valence-electron chi connectivity index (χ1n) is 4.46. The van der Waals surface area contributed by atoms with Gasteiger partial charge in [0.1, 0.15) is 5.82 Å². The standard InChI is InChI=1S/C9H12N4O/c1-3-14-9-6(2)8-11-5-4-7(10)13(8)12-9/h4-5H,3,10H2,1-2H3. The van der Waals surface area contributed by atoms with Crippen LogP contribution < -0.4 is 10.5 Å². The smallest absolute Gasteiger partial charge is 0.238 e. The van der Waals surface area contributed by atoms with Crippen LogP contribution in [-0.4, -0.2) is 21.2 Å². The lowest BCUT2D eigenvalue weighted by atomic mass is 10.4. The monoisotopic (exact) mass is 192 g/mol. The number of aryl methyl sites for hydroxylation is 1. The van der Waals surface area contributed by atoms with Crippen molar-refractivity contribution >= 4 is 11.5 Å². The number of nitrogens with two attached hydrogens (primary N) is 1. The predicted molar refractivity (Wildman–Crippen MR) is 53.3 cm³/mol. The van der Waals surface area contributed by atoms with Crippen molar-refractivity contribution in [1.29, 1.82) is 0 Å². The molecule has 0 aliphatic carbocycles. The lowest BCUT2D eigenvalue weighted by Crippen LogP contribution is -1.99. The summed E-state index contributed by atoms with van der Waals surface area (Å²) in [5.74, 6) is 1.15. The minimum atomic E-state index is 0.559. The Bertz CT molecular complexity index is 463. The van der Waals surface area contributed by atoms with E-state index in [9.17, 15) is 0 Å². The van der Waals surface area contributed by atoms with Crippen LogP contribution in [0.25, 0.3) is 5.65 Å². The molecule has 14 heavy (non-hydrogen) atoms. The SMILES string of the molecule is CCOc1nn2c(N)ccnc2c1C. The fourth-order valence-corrected chi connectivity index (χ4v) is 1.33. The topological polar surface area (TPSA) is 65.4 Å². The molecule has 0 amide bonds. The van der Waals surface area contributed by atoms with Gasteiger partial charge in [-0.15, -0.1) is 5.10 Å². The Morgan fingerprint density at radius 3 is 3.00 bits per heavy atom. The van der Waals surface area contributed by atoms with E-state index in [0.717, 1.165) is 11.2 Å². The van der Waals surface area contributed by atoms with E-state index in [1.807, 2.05) is 13.8 Å². The zero-order valence-electron chi connectivity index (χ0n) is 8.19. The number of aromatic nitrogens is 3. The largest absolute Gasteiger partial charge is 0.477 e. The molecular formula is C9H12N4O. The number of hydrogen-bond donors (Lipinski definition) is 1. The Labute approximate surface area is 81.5 Å². The van der Waals surface area contributed by atoms with Gasteiger partial charge in [0.05, 0.1) is 12.2 Å². The minimum absolute atomic E-state index is 0.559. The molecule has 0 radical (unpaired) electrons. The summed E-state index contributed by atoms with van der Waals surface area (Å²) >= 11 is 0. The van der Waals surface area contributed by atoms with Gasteiger partial charge in [-0.2, -0.15) is 4.52 Å². The predicted octanol–water partition coefficient (Wildman–Crippen LogP) is 1.02. The van der Waals surface area contributed by atoms with Crippen LogP contribution in [-0.2, 0) is 0 Å². The van der Waals surface area contributed by atoms with Crippen LogP contribution in [0.15, 0.2) is 12.3 Å². The van der Waals surface area contributed by atoms with Gasteiger partial charge in [0, 0.05) is 6.20 Å². The molecule has 2 aromatic heterocycles. The summed E-state index contributed by atoms with van der Waals surface area (Å²) in [5, 5.41) is 4.21. The summed E-state index contributed by atoms with van der Waals surface area (Å²) < 4.78 is 6.93. The van der Waals surface area contributed by atoms with Gasteiger partial charge in [0.25, 0.3) is 0 Å². The highest BCUT2D eigenvalue weighted by atomic mass is 16.5. The maximum atomic E-state index is 5.74. The van der Waals surface area contributed by atoms with Gasteiger partial charge in [0.2, 0.25) is 5.88 Å². The van der Waals surface area contributed by atoms with E-state index in [1.54, 1.807) is 16.8 Å². The number of ether oxygens (including phenoxy) is 1. The Balaban J connectivity index is 2.67. The average molecular weight is 192 g/mol. The highest BCUT2D eigenvalue weighted by Crippen LogP contribution is 2.21. The number of nitrogen functional groups attached to an aromatic ring is 1. The molecule has 0 aromatic carbocycles. The maximum absolute atomic E-state index is 5.74. The minimum Gasteiger partial charge on any atom is -0.477 e. The van der Waals surface area contributed by atoms with Gasteiger partial charge in [-0.1, -0.05) is 0 Å². The maximum Gasteiger partial charge on any atom is 0.238 e. The van der Waals surface area contributed by atoms with E-state index >= 15 is 0 Å². The van der Waals surface area contributed by atoms with Crippen molar-refractivity contribution in [3.8, 4) is 5.88 Å². The van der Waals surface area contributed by atoms with Crippen molar-refractivity contribution in [1.82, 2.24) is 14.6 Å². The molecule has 0 bridgehead atoms. The fraction of sp³-hybridized carbons (Fsp3) is 0.333. The van der Waals surface area contributed by atoms with Gasteiger partial charge in [0.15, 0.2) is 5.65 Å². The van der Waals surface area contributed by atoms with Crippen molar-refractivity contribution < 1.29 is 4.74 Å². The number of rotatable bonds is 2. The van der Waals surface area contributed by atoms with Gasteiger partial charge in [-0.05, 0) is 19.9 Å². The van der Waals surface area contributed by atoms with Crippen molar-refractivity contribution in [3.05, 3.63) is 17.8 Å². The van der Waals surface area contributed by atoms with Gasteiger partial charge >= 0.3 is 0 Å². The molecule has 0 atom stereocenters. The van der Waals surface area contributed by atoms with Crippen molar-refractivity contribution in [3.63, 3.8) is 0 Å². The van der Waals surface area contributed by atoms with Crippen LogP contribution in [0.5, 0.6) is 5.88 Å². The fourth-order valence-electron chi connectivity index (χ4n) is 1.33. The highest BCUT2D eigenvalue weighted by Gasteiger charge is 2.11. The molecule has 0 saturated carbocycles. The molecule has 2 rings (SSSR count). The lowest BCUT2D eigenvalue weighted by Gasteiger charge is -1.96. The van der Waals surface area contributed by atoms with Gasteiger partial charge in [-0.3, -0.25) is 0 Å². The first-order valence-corrected chi connectivity index (χ1v) is 4.46. The van der Waals surface area contributed by atoms with Gasteiger partial charge in [-0.25, -0.2) is 4.98 Å². The first kappa shape index (κ1) is 8.80. The third kappa shape index (κ3) is 1.17. The quantitative estimate of drug-likeness (QED) is 0.771. The van der Waals surface area contributed by atoms with E-state index in [1.165, 1.54) is 0 Å².